The van der Waals surface area contributed by atoms with Gasteiger partial charge in [0.25, 0.3) is 0 Å². The summed E-state index contributed by atoms with van der Waals surface area (Å²) in [5, 5.41) is 0. The van der Waals surface area contributed by atoms with Crippen LogP contribution < -0.4 is 11.2 Å². The normalized spacial score (nSPS) is 18.8. The number of nitrogens with one attached hydrogen (secondary N) is 2. The fraction of sp³-hybridized carbons (Fsp3) is 0.156. The van der Waals surface area contributed by atoms with Crippen LogP contribution in [0.15, 0.2) is 115 Å². The van der Waals surface area contributed by atoms with Crippen LogP contribution in [0.25, 0.3) is 33.5 Å². The molecule has 2 aliphatic rings. The molecule has 2 unspecified atom stereocenters. The van der Waals surface area contributed by atoms with Crippen molar-refractivity contribution >= 4 is 11.0 Å². The van der Waals surface area contributed by atoms with Crippen molar-refractivity contribution in [2.45, 2.75) is 25.3 Å². The molecule has 0 saturated carbocycles. The quantitative estimate of drug-likeness (QED) is 0.193. The minimum absolute atomic E-state index is 0.0672. The highest BCUT2D eigenvalue weighted by Gasteiger charge is 2.32. The lowest BCUT2D eigenvalue weighted by atomic mass is 9.99. The predicted octanol–water partition coefficient (Wildman–Crippen LogP) is 7.09. The van der Waals surface area contributed by atoms with E-state index < -0.39 is 0 Å². The van der Waals surface area contributed by atoms with E-state index in [1.807, 2.05) is 24.3 Å². The van der Waals surface area contributed by atoms with Gasteiger partial charge in [0.15, 0.2) is 0 Å². The summed E-state index contributed by atoms with van der Waals surface area (Å²) in [4.78, 5) is 14.6. The zero-order valence-electron chi connectivity index (χ0n) is 20.6. The van der Waals surface area contributed by atoms with Gasteiger partial charge in [0.2, 0.25) is 0 Å². The fourth-order valence-electron chi connectivity index (χ4n) is 5.24. The van der Waals surface area contributed by atoms with Gasteiger partial charge in [-0.15, -0.1) is 5.48 Å². The first-order valence-corrected chi connectivity index (χ1v) is 12.8. The SMILES string of the molecule is N/C=C\C/C=C\C1C=CC=C(ONC2c3ccccc3-c3c(-c4nc5ccccc5[nH]4)cccc32)CC1. The lowest BCUT2D eigenvalue weighted by Gasteiger charge is -2.18. The molecule has 1 aromatic heterocycles. The summed E-state index contributed by atoms with van der Waals surface area (Å²) in [5.74, 6) is 2.21. The van der Waals surface area contributed by atoms with Crippen molar-refractivity contribution in [3.05, 3.63) is 126 Å². The highest BCUT2D eigenvalue weighted by Crippen LogP contribution is 2.47. The third-order valence-corrected chi connectivity index (χ3v) is 7.06. The van der Waals surface area contributed by atoms with Gasteiger partial charge in [-0.3, -0.25) is 0 Å². The van der Waals surface area contributed by atoms with E-state index in [-0.39, 0.29) is 6.04 Å². The number of hydroxylamine groups is 1. The predicted molar refractivity (Wildman–Crippen MR) is 150 cm³/mol. The Bertz CT molecular complexity index is 1510. The molecule has 37 heavy (non-hydrogen) atoms. The van der Waals surface area contributed by atoms with Crippen molar-refractivity contribution in [3.8, 4) is 22.5 Å². The van der Waals surface area contributed by atoms with Gasteiger partial charge in [-0.05, 0) is 65.4 Å². The van der Waals surface area contributed by atoms with Crippen LogP contribution in [-0.2, 0) is 4.84 Å². The first-order chi connectivity index (χ1) is 18.3. The van der Waals surface area contributed by atoms with Gasteiger partial charge in [0, 0.05) is 12.0 Å². The number of aromatic amines is 1. The van der Waals surface area contributed by atoms with Crippen molar-refractivity contribution in [1.82, 2.24) is 15.4 Å². The summed E-state index contributed by atoms with van der Waals surface area (Å²) in [6, 6.07) is 23.1. The average molecular weight is 487 g/mol. The van der Waals surface area contributed by atoms with Crippen LogP contribution in [0.4, 0.5) is 0 Å². The molecule has 4 N–H and O–H groups in total. The van der Waals surface area contributed by atoms with Crippen LogP contribution in [0.3, 0.4) is 0 Å². The number of allylic oxidation sites excluding steroid dienone is 7. The second kappa shape index (κ2) is 10.3. The lowest BCUT2D eigenvalue weighted by Crippen LogP contribution is -2.21. The van der Waals surface area contributed by atoms with Gasteiger partial charge in [-0.1, -0.05) is 85.0 Å². The summed E-state index contributed by atoms with van der Waals surface area (Å²) in [6.07, 6.45) is 17.0. The molecule has 0 radical (unpaired) electrons. The van der Waals surface area contributed by atoms with E-state index >= 15 is 0 Å². The molecule has 0 spiro atoms. The molecule has 1 heterocycles. The zero-order valence-corrected chi connectivity index (χ0v) is 20.6. The van der Waals surface area contributed by atoms with Gasteiger partial charge in [-0.25, -0.2) is 4.98 Å². The number of hydrogen-bond donors (Lipinski definition) is 3. The van der Waals surface area contributed by atoms with Gasteiger partial charge in [-0.2, -0.15) is 0 Å². The number of aromatic nitrogens is 2. The van der Waals surface area contributed by atoms with Crippen LogP contribution in [0.1, 0.15) is 36.4 Å². The standard InChI is InChI=1S/C32H30N4O/c33-21-7-1-2-10-22-11-8-12-23(20-19-22)37-36-31-25-14-4-3-13-24(25)30-26(31)15-9-16-27(30)32-34-28-17-5-6-18-29(28)35-32/h2-18,21-22,31,36H,1,19-20,33H2,(H,34,35)/b10-2-,21-7-. The molecule has 3 aromatic carbocycles. The largest absolute Gasteiger partial charge is 0.412 e. The minimum Gasteiger partial charge on any atom is -0.412 e. The smallest absolute Gasteiger partial charge is 0.139 e. The van der Waals surface area contributed by atoms with Crippen molar-refractivity contribution in [2.75, 3.05) is 0 Å². The van der Waals surface area contributed by atoms with E-state index in [4.69, 9.17) is 15.6 Å². The van der Waals surface area contributed by atoms with Crippen molar-refractivity contribution in [3.63, 3.8) is 0 Å². The maximum Gasteiger partial charge on any atom is 0.139 e. The Labute approximate surface area is 217 Å². The molecule has 0 saturated heterocycles. The molecular weight excluding hydrogens is 456 g/mol. The summed E-state index contributed by atoms with van der Waals surface area (Å²) in [5.41, 5.74) is 16.7. The number of nitrogens with zero attached hydrogens (tertiary/aromatic N) is 1. The first kappa shape index (κ1) is 23.1. The Balaban J connectivity index is 1.24. The minimum atomic E-state index is -0.0672. The van der Waals surface area contributed by atoms with Crippen molar-refractivity contribution in [1.29, 1.82) is 0 Å². The van der Waals surface area contributed by atoms with E-state index in [0.29, 0.717) is 5.92 Å². The maximum absolute atomic E-state index is 6.23. The van der Waals surface area contributed by atoms with E-state index in [2.05, 4.69) is 89.4 Å². The molecule has 0 amide bonds. The summed E-state index contributed by atoms with van der Waals surface area (Å²) >= 11 is 0. The van der Waals surface area contributed by atoms with Crippen molar-refractivity contribution in [2.24, 2.45) is 11.7 Å². The maximum atomic E-state index is 6.23. The fourth-order valence-corrected chi connectivity index (χ4v) is 5.24. The average Bonchev–Trinajstić information content (AvgIpc) is 3.42. The van der Waals surface area contributed by atoms with E-state index in [9.17, 15) is 0 Å². The number of imidazole rings is 1. The summed E-state index contributed by atoms with van der Waals surface area (Å²) in [6.45, 7) is 0. The van der Waals surface area contributed by atoms with Crippen LogP contribution >= 0.6 is 0 Å². The molecule has 2 aliphatic carbocycles. The topological polar surface area (TPSA) is 76.0 Å². The Hall–Kier alpha value is -4.35. The number of hydrogen-bond acceptors (Lipinski definition) is 4. The number of H-pyrrole nitrogens is 1. The van der Waals surface area contributed by atoms with Gasteiger partial charge in [0.05, 0.1) is 17.1 Å². The van der Waals surface area contributed by atoms with Crippen LogP contribution in [0.2, 0.25) is 0 Å². The van der Waals surface area contributed by atoms with Gasteiger partial charge >= 0.3 is 0 Å². The van der Waals surface area contributed by atoms with Crippen LogP contribution in [0.5, 0.6) is 0 Å². The lowest BCUT2D eigenvalue weighted by molar-refractivity contribution is 0.0788. The molecule has 5 nitrogen and oxygen atoms in total. The van der Waals surface area contributed by atoms with E-state index in [0.717, 1.165) is 47.4 Å². The zero-order chi connectivity index (χ0) is 25.0. The second-order valence-electron chi connectivity index (χ2n) is 9.42. The Morgan fingerprint density at radius 2 is 1.81 bits per heavy atom. The highest BCUT2D eigenvalue weighted by molar-refractivity contribution is 5.91. The number of para-hydroxylation sites is 2. The van der Waals surface area contributed by atoms with Gasteiger partial charge in [0.1, 0.15) is 11.6 Å². The molecule has 6 rings (SSSR count). The number of rotatable bonds is 7. The monoisotopic (exact) mass is 486 g/mol. The molecule has 5 heteroatoms. The third kappa shape index (κ3) is 4.61. The molecule has 2 atom stereocenters. The number of nitrogens with two attached hydrogens (primary N) is 1. The molecule has 0 bridgehead atoms. The molecule has 0 aliphatic heterocycles. The second-order valence-corrected chi connectivity index (χ2v) is 9.42. The van der Waals surface area contributed by atoms with Gasteiger partial charge < -0.3 is 15.6 Å². The Kier molecular flexibility index (Phi) is 6.44. The summed E-state index contributed by atoms with van der Waals surface area (Å²) in [7, 11) is 0. The molecule has 0 fully saturated rings. The summed E-state index contributed by atoms with van der Waals surface area (Å²) < 4.78 is 0. The van der Waals surface area contributed by atoms with Crippen LogP contribution in [0, 0.1) is 5.92 Å². The van der Waals surface area contributed by atoms with Crippen molar-refractivity contribution < 1.29 is 4.84 Å². The number of fused-ring (bicyclic) bond motifs is 4. The molecular formula is C32H30N4O. The van der Waals surface area contributed by atoms with E-state index in [1.165, 1.54) is 22.3 Å². The van der Waals surface area contributed by atoms with E-state index in [1.54, 1.807) is 6.20 Å². The Morgan fingerprint density at radius 1 is 0.973 bits per heavy atom. The molecule has 4 aromatic rings. The van der Waals surface area contributed by atoms with Crippen LogP contribution in [-0.4, -0.2) is 9.97 Å². The number of benzene rings is 3. The first-order valence-electron chi connectivity index (χ1n) is 12.8. The highest BCUT2D eigenvalue weighted by atomic mass is 16.6. The molecule has 184 valence electrons. The third-order valence-electron chi connectivity index (χ3n) is 7.06. The Morgan fingerprint density at radius 3 is 2.73 bits per heavy atom.